The first kappa shape index (κ1) is 28.6. The fourth-order valence-corrected chi connectivity index (χ4v) is 3.75. The van der Waals surface area contributed by atoms with Gasteiger partial charge in [0.25, 0.3) is 5.91 Å². The molecule has 0 aromatic rings. The van der Waals surface area contributed by atoms with Crippen LogP contribution in [0.3, 0.4) is 0 Å². The highest BCUT2D eigenvalue weighted by Crippen LogP contribution is 2.15. The summed E-state index contributed by atoms with van der Waals surface area (Å²) < 4.78 is 5.44. The maximum absolute atomic E-state index is 12.9. The Bertz CT molecular complexity index is 699. The van der Waals surface area contributed by atoms with Gasteiger partial charge >= 0.3 is 0 Å². The van der Waals surface area contributed by atoms with Gasteiger partial charge in [0.15, 0.2) is 0 Å². The van der Waals surface area contributed by atoms with Crippen molar-refractivity contribution in [2.24, 2.45) is 11.8 Å². The second-order valence-corrected chi connectivity index (χ2v) is 8.82. The van der Waals surface area contributed by atoms with Crippen molar-refractivity contribution in [3.05, 3.63) is 12.7 Å². The summed E-state index contributed by atoms with van der Waals surface area (Å²) in [5.74, 6) is -1.91. The number of rotatable bonds is 12. The fourth-order valence-electron chi connectivity index (χ4n) is 3.75. The summed E-state index contributed by atoms with van der Waals surface area (Å²) in [6.45, 7) is 11.1. The zero-order valence-electron chi connectivity index (χ0n) is 20.8. The van der Waals surface area contributed by atoms with Gasteiger partial charge in [0.1, 0.15) is 18.1 Å². The SMILES string of the molecule is C=CCC[C@@H](OC)[C@@H](C)C(=O)NC(C(=O)NC(C)C(=O)N1CCCC(C(=O)NC)N1)C(C)C. The molecule has 0 radical (unpaired) electrons. The summed E-state index contributed by atoms with van der Waals surface area (Å²) in [6.07, 6.45) is 4.14. The number of methoxy groups -OCH3 is 1. The number of nitrogens with zero attached hydrogens (tertiary/aromatic N) is 1. The molecule has 0 bridgehead atoms. The first-order valence-corrected chi connectivity index (χ1v) is 11.6. The molecule has 1 fully saturated rings. The Labute approximate surface area is 197 Å². The molecule has 5 atom stereocenters. The molecule has 1 heterocycles. The van der Waals surface area contributed by atoms with Crippen molar-refractivity contribution in [1.82, 2.24) is 26.4 Å². The Morgan fingerprint density at radius 3 is 2.36 bits per heavy atom. The van der Waals surface area contributed by atoms with Crippen LogP contribution in [0.5, 0.6) is 0 Å². The van der Waals surface area contributed by atoms with Crippen molar-refractivity contribution in [3.8, 4) is 0 Å². The van der Waals surface area contributed by atoms with Crippen molar-refractivity contribution in [1.29, 1.82) is 0 Å². The normalized spacial score (nSPS) is 19.7. The molecule has 1 aliphatic heterocycles. The Kier molecular flexibility index (Phi) is 12.1. The number of hydrazine groups is 1. The molecular weight excluding hydrogens is 426 g/mol. The van der Waals surface area contributed by atoms with E-state index in [1.807, 2.05) is 13.8 Å². The second-order valence-electron chi connectivity index (χ2n) is 8.82. The van der Waals surface area contributed by atoms with Gasteiger partial charge in [-0.1, -0.05) is 26.8 Å². The molecule has 0 aromatic heterocycles. The third-order valence-electron chi connectivity index (χ3n) is 5.92. The van der Waals surface area contributed by atoms with Crippen molar-refractivity contribution in [2.45, 2.75) is 77.6 Å². The molecule has 1 saturated heterocycles. The average Bonchev–Trinajstić information content (AvgIpc) is 2.81. The first-order valence-electron chi connectivity index (χ1n) is 11.6. The fraction of sp³-hybridized carbons (Fsp3) is 0.739. The Morgan fingerprint density at radius 1 is 1.15 bits per heavy atom. The largest absolute Gasteiger partial charge is 0.381 e. The quantitative estimate of drug-likeness (QED) is 0.309. The zero-order chi connectivity index (χ0) is 25.1. The number of nitrogens with one attached hydrogen (secondary N) is 4. The minimum Gasteiger partial charge on any atom is -0.381 e. The molecule has 33 heavy (non-hydrogen) atoms. The number of carbonyl (C=O) groups is 4. The molecular formula is C23H41N5O5. The molecule has 10 heteroatoms. The highest BCUT2D eigenvalue weighted by Gasteiger charge is 2.33. The van der Waals surface area contributed by atoms with Crippen molar-refractivity contribution < 1.29 is 23.9 Å². The van der Waals surface area contributed by atoms with Crippen LogP contribution >= 0.6 is 0 Å². The maximum Gasteiger partial charge on any atom is 0.258 e. The highest BCUT2D eigenvalue weighted by molar-refractivity contribution is 5.92. The van der Waals surface area contributed by atoms with Gasteiger partial charge in [-0.05, 0) is 38.5 Å². The van der Waals surface area contributed by atoms with Gasteiger partial charge in [0.2, 0.25) is 17.7 Å². The van der Waals surface area contributed by atoms with Crippen LogP contribution in [0.2, 0.25) is 0 Å². The van der Waals surface area contributed by atoms with E-state index in [0.29, 0.717) is 25.8 Å². The molecule has 10 nitrogen and oxygen atoms in total. The minimum absolute atomic E-state index is 0.191. The topological polar surface area (TPSA) is 129 Å². The third-order valence-corrected chi connectivity index (χ3v) is 5.92. The monoisotopic (exact) mass is 467 g/mol. The minimum atomic E-state index is -0.830. The van der Waals surface area contributed by atoms with Crippen LogP contribution in [0.1, 0.15) is 53.4 Å². The summed E-state index contributed by atoms with van der Waals surface area (Å²) >= 11 is 0. The molecule has 4 amide bonds. The lowest BCUT2D eigenvalue weighted by Crippen LogP contribution is -2.61. The van der Waals surface area contributed by atoms with E-state index < -0.39 is 30.0 Å². The van der Waals surface area contributed by atoms with Crippen LogP contribution in [-0.2, 0) is 23.9 Å². The first-order chi connectivity index (χ1) is 15.6. The summed E-state index contributed by atoms with van der Waals surface area (Å²) in [4.78, 5) is 50.5. The van der Waals surface area contributed by atoms with Crippen molar-refractivity contribution in [2.75, 3.05) is 20.7 Å². The number of hydrogen-bond acceptors (Lipinski definition) is 6. The van der Waals surface area contributed by atoms with Gasteiger partial charge in [0.05, 0.1) is 12.0 Å². The van der Waals surface area contributed by atoms with Gasteiger partial charge in [0, 0.05) is 20.7 Å². The predicted molar refractivity (Wildman–Crippen MR) is 126 cm³/mol. The van der Waals surface area contributed by atoms with Crippen LogP contribution in [0.25, 0.3) is 0 Å². The predicted octanol–water partition coefficient (Wildman–Crippen LogP) is 0.491. The summed E-state index contributed by atoms with van der Waals surface area (Å²) in [7, 11) is 3.10. The molecule has 188 valence electrons. The van der Waals surface area contributed by atoms with Gasteiger partial charge in [-0.15, -0.1) is 6.58 Å². The van der Waals surface area contributed by atoms with Gasteiger partial charge < -0.3 is 20.7 Å². The smallest absolute Gasteiger partial charge is 0.258 e. The number of likely N-dealkylation sites (N-methyl/N-ethyl adjacent to an activating group) is 1. The molecule has 1 rings (SSSR count). The number of amides is 4. The van der Waals surface area contributed by atoms with E-state index in [4.69, 9.17) is 4.74 Å². The number of carbonyl (C=O) groups excluding carboxylic acids is 4. The number of allylic oxidation sites excluding steroid dienone is 1. The van der Waals surface area contributed by atoms with Crippen LogP contribution < -0.4 is 21.4 Å². The number of ether oxygens (including phenoxy) is 1. The van der Waals surface area contributed by atoms with E-state index in [2.05, 4.69) is 28.0 Å². The van der Waals surface area contributed by atoms with E-state index in [1.165, 1.54) is 5.01 Å². The van der Waals surface area contributed by atoms with Crippen LogP contribution in [-0.4, -0.2) is 73.6 Å². The van der Waals surface area contributed by atoms with Crippen LogP contribution in [0.4, 0.5) is 0 Å². The van der Waals surface area contributed by atoms with Gasteiger partial charge in [-0.2, -0.15) is 0 Å². The maximum atomic E-state index is 12.9. The van der Waals surface area contributed by atoms with Crippen LogP contribution in [0, 0.1) is 11.8 Å². The lowest BCUT2D eigenvalue weighted by atomic mass is 9.97. The Balaban J connectivity index is 2.75. The summed E-state index contributed by atoms with van der Waals surface area (Å²) in [5, 5.41) is 9.47. The van der Waals surface area contributed by atoms with Crippen molar-refractivity contribution >= 4 is 23.6 Å². The van der Waals surface area contributed by atoms with E-state index in [-0.39, 0.29) is 29.7 Å². The van der Waals surface area contributed by atoms with E-state index in [0.717, 1.165) is 6.42 Å². The molecule has 0 saturated carbocycles. The number of hydrogen-bond donors (Lipinski definition) is 4. The lowest BCUT2D eigenvalue weighted by Gasteiger charge is -2.35. The third kappa shape index (κ3) is 8.43. The average molecular weight is 468 g/mol. The second kappa shape index (κ2) is 13.9. The van der Waals surface area contributed by atoms with Gasteiger partial charge in [-0.3, -0.25) is 24.2 Å². The summed E-state index contributed by atoms with van der Waals surface area (Å²) in [6, 6.07) is -2.13. The highest BCUT2D eigenvalue weighted by atomic mass is 16.5. The zero-order valence-corrected chi connectivity index (χ0v) is 20.8. The Morgan fingerprint density at radius 2 is 1.82 bits per heavy atom. The lowest BCUT2D eigenvalue weighted by molar-refractivity contribution is -0.143. The van der Waals surface area contributed by atoms with Gasteiger partial charge in [-0.25, -0.2) is 5.43 Å². The van der Waals surface area contributed by atoms with Crippen molar-refractivity contribution in [3.63, 3.8) is 0 Å². The molecule has 0 spiro atoms. The summed E-state index contributed by atoms with van der Waals surface area (Å²) in [5.41, 5.74) is 2.92. The van der Waals surface area contributed by atoms with E-state index in [1.54, 1.807) is 34.1 Å². The standard InChI is InChI=1S/C23H41N5O5/c1-8-9-12-18(33-7)15(4)20(29)26-19(14(2)3)22(31)25-16(5)23(32)28-13-10-11-17(27-28)21(30)24-6/h8,14-19,27H,1,9-13H2,2-7H3,(H,24,30)(H,25,31)(H,26,29)/t15-,16?,17?,18-,19?/m1/s1. The molecule has 3 unspecified atom stereocenters. The van der Waals surface area contributed by atoms with E-state index >= 15 is 0 Å². The van der Waals surface area contributed by atoms with E-state index in [9.17, 15) is 19.2 Å². The molecule has 1 aliphatic rings. The van der Waals surface area contributed by atoms with Crippen LogP contribution in [0.15, 0.2) is 12.7 Å². The molecule has 0 aromatic carbocycles. The molecule has 4 N–H and O–H groups in total. The Hall–Kier alpha value is -2.46. The molecule has 0 aliphatic carbocycles.